The zero-order valence-corrected chi connectivity index (χ0v) is 13.6. The smallest absolute Gasteiger partial charge is 0.122 e. The summed E-state index contributed by atoms with van der Waals surface area (Å²) in [5.74, 6) is 0.857. The number of nitrogens with two attached hydrogens (primary N) is 1. The highest BCUT2D eigenvalue weighted by Crippen LogP contribution is 2.30. The first kappa shape index (κ1) is 15.1. The van der Waals surface area contributed by atoms with E-state index in [2.05, 4.69) is 28.0 Å². The van der Waals surface area contributed by atoms with Crippen LogP contribution in [0.3, 0.4) is 0 Å². The Balaban J connectivity index is 2.40. The topological polar surface area (TPSA) is 53.1 Å². The lowest BCUT2D eigenvalue weighted by Crippen LogP contribution is -2.18. The largest absolute Gasteiger partial charge is 0.496 e. The highest BCUT2D eigenvalue weighted by Gasteiger charge is 2.19. The molecule has 0 spiro atoms. The highest BCUT2D eigenvalue weighted by atomic mass is 79.9. The summed E-state index contributed by atoms with van der Waals surface area (Å²) in [4.78, 5) is 0. The summed E-state index contributed by atoms with van der Waals surface area (Å²) in [6.45, 7) is 5.00. The Morgan fingerprint density at radius 3 is 2.85 bits per heavy atom. The SMILES string of the molecule is CCCn1ncc(Br)c1C(N)c1ccc(C)c(OC)c1. The van der Waals surface area contributed by atoms with E-state index in [4.69, 9.17) is 10.5 Å². The standard InChI is InChI=1S/C15H20BrN3O/c1-4-7-19-15(12(16)9-18-19)14(17)11-6-5-10(2)13(8-11)20-3/h5-6,8-9,14H,4,7,17H2,1-3H3. The van der Waals surface area contributed by atoms with Gasteiger partial charge in [-0.05, 0) is 46.5 Å². The van der Waals surface area contributed by atoms with Gasteiger partial charge >= 0.3 is 0 Å². The van der Waals surface area contributed by atoms with Gasteiger partial charge in [-0.15, -0.1) is 0 Å². The van der Waals surface area contributed by atoms with Gasteiger partial charge in [-0.25, -0.2) is 0 Å². The minimum atomic E-state index is -0.229. The van der Waals surface area contributed by atoms with Crippen molar-refractivity contribution in [2.45, 2.75) is 32.9 Å². The normalized spacial score (nSPS) is 12.4. The quantitative estimate of drug-likeness (QED) is 0.909. The number of hydrogen-bond donors (Lipinski definition) is 1. The van der Waals surface area contributed by atoms with Crippen molar-refractivity contribution < 1.29 is 4.74 Å². The first-order chi connectivity index (χ1) is 9.58. The zero-order valence-electron chi connectivity index (χ0n) is 12.1. The fraction of sp³-hybridized carbons (Fsp3) is 0.400. The Kier molecular flexibility index (Phi) is 4.83. The van der Waals surface area contributed by atoms with Crippen LogP contribution in [-0.2, 0) is 6.54 Å². The molecule has 0 aliphatic carbocycles. The van der Waals surface area contributed by atoms with Crippen LogP contribution in [-0.4, -0.2) is 16.9 Å². The van der Waals surface area contributed by atoms with Crippen molar-refractivity contribution in [3.05, 3.63) is 45.7 Å². The molecule has 1 unspecified atom stereocenters. The van der Waals surface area contributed by atoms with E-state index in [1.54, 1.807) is 13.3 Å². The second-order valence-corrected chi connectivity index (χ2v) is 5.66. The Morgan fingerprint density at radius 2 is 2.20 bits per heavy atom. The molecular weight excluding hydrogens is 318 g/mol. The van der Waals surface area contributed by atoms with E-state index in [1.165, 1.54) is 0 Å². The van der Waals surface area contributed by atoms with Crippen molar-refractivity contribution in [1.82, 2.24) is 9.78 Å². The Labute approximate surface area is 128 Å². The van der Waals surface area contributed by atoms with Crippen LogP contribution in [0.25, 0.3) is 0 Å². The molecule has 1 aromatic heterocycles. The molecule has 0 saturated carbocycles. The van der Waals surface area contributed by atoms with Gasteiger partial charge < -0.3 is 10.5 Å². The van der Waals surface area contributed by atoms with Gasteiger partial charge in [-0.1, -0.05) is 19.1 Å². The van der Waals surface area contributed by atoms with Gasteiger partial charge in [0, 0.05) is 6.54 Å². The summed E-state index contributed by atoms with van der Waals surface area (Å²) >= 11 is 3.54. The van der Waals surface area contributed by atoms with E-state index in [1.807, 2.05) is 29.8 Å². The lowest BCUT2D eigenvalue weighted by Gasteiger charge is -2.17. The predicted octanol–water partition coefficient (Wildman–Crippen LogP) is 3.42. The second kappa shape index (κ2) is 6.41. The number of ether oxygens (including phenoxy) is 1. The maximum Gasteiger partial charge on any atom is 0.122 e. The van der Waals surface area contributed by atoms with E-state index in [0.717, 1.165) is 40.0 Å². The molecule has 2 rings (SSSR count). The summed E-state index contributed by atoms with van der Waals surface area (Å²) in [5.41, 5.74) is 9.54. The van der Waals surface area contributed by atoms with Crippen molar-refractivity contribution in [2.75, 3.05) is 7.11 Å². The molecule has 0 amide bonds. The number of aryl methyl sites for hydroxylation is 2. The van der Waals surface area contributed by atoms with Gasteiger partial charge in [-0.2, -0.15) is 5.10 Å². The average Bonchev–Trinajstić information content (AvgIpc) is 2.80. The molecule has 20 heavy (non-hydrogen) atoms. The maximum atomic E-state index is 6.42. The summed E-state index contributed by atoms with van der Waals surface area (Å²) in [6.07, 6.45) is 2.82. The lowest BCUT2D eigenvalue weighted by molar-refractivity contribution is 0.411. The van der Waals surface area contributed by atoms with Crippen LogP contribution in [0.4, 0.5) is 0 Å². The molecule has 4 nitrogen and oxygen atoms in total. The third-order valence-corrected chi connectivity index (χ3v) is 3.97. The van der Waals surface area contributed by atoms with Crippen LogP contribution in [0, 0.1) is 6.92 Å². The zero-order chi connectivity index (χ0) is 14.7. The highest BCUT2D eigenvalue weighted by molar-refractivity contribution is 9.10. The molecule has 0 aliphatic rings. The monoisotopic (exact) mass is 337 g/mol. The minimum absolute atomic E-state index is 0.229. The Hall–Kier alpha value is -1.33. The summed E-state index contributed by atoms with van der Waals surface area (Å²) < 4.78 is 8.27. The van der Waals surface area contributed by atoms with Crippen molar-refractivity contribution in [3.8, 4) is 5.75 Å². The molecule has 0 radical (unpaired) electrons. The van der Waals surface area contributed by atoms with Crippen molar-refractivity contribution in [1.29, 1.82) is 0 Å². The van der Waals surface area contributed by atoms with Crippen LogP contribution < -0.4 is 10.5 Å². The molecular formula is C15H20BrN3O. The van der Waals surface area contributed by atoms with E-state index in [0.29, 0.717) is 0 Å². The third-order valence-electron chi connectivity index (χ3n) is 3.35. The second-order valence-electron chi connectivity index (χ2n) is 4.81. The van der Waals surface area contributed by atoms with Crippen LogP contribution in [0.2, 0.25) is 0 Å². The van der Waals surface area contributed by atoms with Crippen molar-refractivity contribution >= 4 is 15.9 Å². The number of halogens is 1. The summed E-state index contributed by atoms with van der Waals surface area (Å²) in [6, 6.07) is 5.84. The van der Waals surface area contributed by atoms with E-state index in [-0.39, 0.29) is 6.04 Å². The number of rotatable bonds is 5. The number of nitrogens with zero attached hydrogens (tertiary/aromatic N) is 2. The van der Waals surface area contributed by atoms with E-state index < -0.39 is 0 Å². The van der Waals surface area contributed by atoms with Gasteiger partial charge in [0.1, 0.15) is 5.75 Å². The fourth-order valence-electron chi connectivity index (χ4n) is 2.26. The average molecular weight is 338 g/mol. The lowest BCUT2D eigenvalue weighted by atomic mass is 10.0. The van der Waals surface area contributed by atoms with Gasteiger partial charge in [0.25, 0.3) is 0 Å². The van der Waals surface area contributed by atoms with Gasteiger partial charge in [0.2, 0.25) is 0 Å². The predicted molar refractivity (Wildman–Crippen MR) is 84.0 cm³/mol. The summed E-state index contributed by atoms with van der Waals surface area (Å²) in [7, 11) is 1.68. The van der Waals surface area contributed by atoms with Crippen molar-refractivity contribution in [3.63, 3.8) is 0 Å². The molecule has 108 valence electrons. The molecule has 1 heterocycles. The molecule has 1 aromatic carbocycles. The molecule has 2 aromatic rings. The maximum absolute atomic E-state index is 6.42. The van der Waals surface area contributed by atoms with Crippen molar-refractivity contribution in [2.24, 2.45) is 5.73 Å². The first-order valence-electron chi connectivity index (χ1n) is 6.69. The fourth-order valence-corrected chi connectivity index (χ4v) is 2.80. The number of aromatic nitrogens is 2. The first-order valence-corrected chi connectivity index (χ1v) is 7.49. The molecule has 2 N–H and O–H groups in total. The van der Waals surface area contributed by atoms with Gasteiger partial charge in [0.05, 0.1) is 29.5 Å². The van der Waals surface area contributed by atoms with Crippen LogP contribution in [0.5, 0.6) is 5.75 Å². The molecule has 0 bridgehead atoms. The van der Waals surface area contributed by atoms with E-state index >= 15 is 0 Å². The molecule has 0 fully saturated rings. The van der Waals surface area contributed by atoms with Crippen LogP contribution in [0.1, 0.15) is 36.2 Å². The number of hydrogen-bond acceptors (Lipinski definition) is 3. The van der Waals surface area contributed by atoms with Crippen LogP contribution >= 0.6 is 15.9 Å². The van der Waals surface area contributed by atoms with Crippen LogP contribution in [0.15, 0.2) is 28.9 Å². The Bertz CT molecular complexity index is 595. The van der Waals surface area contributed by atoms with Gasteiger partial charge in [-0.3, -0.25) is 4.68 Å². The molecule has 0 saturated heterocycles. The number of methoxy groups -OCH3 is 1. The van der Waals surface area contributed by atoms with Gasteiger partial charge in [0.15, 0.2) is 0 Å². The molecule has 5 heteroatoms. The molecule has 0 aliphatic heterocycles. The minimum Gasteiger partial charge on any atom is -0.496 e. The third kappa shape index (κ3) is 2.88. The molecule has 1 atom stereocenters. The summed E-state index contributed by atoms with van der Waals surface area (Å²) in [5, 5.41) is 4.37. The Morgan fingerprint density at radius 1 is 1.45 bits per heavy atom. The van der Waals surface area contributed by atoms with E-state index in [9.17, 15) is 0 Å². The number of benzene rings is 1.